The molecule has 0 fully saturated rings. The summed E-state index contributed by atoms with van der Waals surface area (Å²) in [6, 6.07) is 6.58. The first-order chi connectivity index (χ1) is 19.4. The van der Waals surface area contributed by atoms with E-state index in [9.17, 15) is 14.4 Å². The Labute approximate surface area is 231 Å². The van der Waals surface area contributed by atoms with Gasteiger partial charge in [-0.05, 0) is 50.6 Å². The van der Waals surface area contributed by atoms with Gasteiger partial charge in [-0.1, -0.05) is 12.6 Å². The Morgan fingerprint density at radius 3 is 2.58 bits per heavy atom. The average Bonchev–Trinajstić information content (AvgIpc) is 2.96. The van der Waals surface area contributed by atoms with Crippen LogP contribution in [0.25, 0.3) is 16.7 Å². The lowest BCUT2D eigenvalue weighted by molar-refractivity contribution is -0.117. The Kier molecular flexibility index (Phi) is 11.0. The number of carbonyl (C=O) groups excluding carboxylic acids is 2. The Balaban J connectivity index is 2.27. The highest BCUT2D eigenvalue weighted by Gasteiger charge is 2.20. The molecular weight excluding hydrogens is 516 g/mol. The third-order valence-electron chi connectivity index (χ3n) is 5.83. The zero-order chi connectivity index (χ0) is 29.1. The molecule has 0 aromatic carbocycles. The summed E-state index contributed by atoms with van der Waals surface area (Å²) in [5.74, 6) is -0.441. The molecule has 3 aromatic heterocycles. The van der Waals surface area contributed by atoms with E-state index in [1.165, 1.54) is 36.8 Å². The Bertz CT molecular complexity index is 1580. The van der Waals surface area contributed by atoms with Gasteiger partial charge in [0, 0.05) is 32.0 Å². The van der Waals surface area contributed by atoms with Crippen LogP contribution in [-0.2, 0) is 30.3 Å². The lowest BCUT2D eigenvalue weighted by Crippen LogP contribution is -2.33. The molecule has 1 amide bonds. The van der Waals surface area contributed by atoms with Gasteiger partial charge < -0.3 is 23.5 Å². The van der Waals surface area contributed by atoms with Gasteiger partial charge in [-0.15, -0.1) is 0 Å². The minimum Gasteiger partial charge on any atom is -0.497 e. The number of pyridine rings is 2. The van der Waals surface area contributed by atoms with Crippen LogP contribution in [0.5, 0.6) is 0 Å². The summed E-state index contributed by atoms with van der Waals surface area (Å²) in [6.45, 7) is 8.56. The molecular formula is C29H34N4O7. The highest BCUT2D eigenvalue weighted by atomic mass is 16.5. The van der Waals surface area contributed by atoms with E-state index in [0.717, 1.165) is 0 Å². The van der Waals surface area contributed by atoms with Gasteiger partial charge in [-0.3, -0.25) is 14.0 Å². The second-order valence-corrected chi connectivity index (χ2v) is 8.36. The molecule has 0 bridgehead atoms. The number of hydrogen-bond acceptors (Lipinski definition) is 8. The zero-order valence-electron chi connectivity index (χ0n) is 23.2. The molecule has 40 heavy (non-hydrogen) atoms. The summed E-state index contributed by atoms with van der Waals surface area (Å²) in [4.78, 5) is 48.6. The Morgan fingerprint density at radius 2 is 1.90 bits per heavy atom. The second-order valence-electron chi connectivity index (χ2n) is 8.36. The number of aromatic nitrogens is 3. The van der Waals surface area contributed by atoms with E-state index in [-0.39, 0.29) is 41.6 Å². The summed E-state index contributed by atoms with van der Waals surface area (Å²) in [7, 11) is 2.95. The molecule has 0 saturated carbocycles. The van der Waals surface area contributed by atoms with Gasteiger partial charge in [0.1, 0.15) is 28.4 Å². The monoisotopic (exact) mass is 550 g/mol. The van der Waals surface area contributed by atoms with Gasteiger partial charge in [0.15, 0.2) is 5.49 Å². The quantitative estimate of drug-likeness (QED) is 0.104. The predicted octanol–water partition coefficient (Wildman–Crippen LogP) is 3.32. The number of esters is 1. The van der Waals surface area contributed by atoms with Crippen molar-refractivity contribution in [2.24, 2.45) is 4.99 Å². The first-order valence-electron chi connectivity index (χ1n) is 12.9. The third-order valence-corrected chi connectivity index (χ3v) is 5.83. The maximum Gasteiger partial charge on any atom is 0.341 e. The summed E-state index contributed by atoms with van der Waals surface area (Å²) < 4.78 is 24.2. The van der Waals surface area contributed by atoms with Crippen molar-refractivity contribution in [2.75, 3.05) is 34.0 Å². The first kappa shape index (κ1) is 30.0. The van der Waals surface area contributed by atoms with E-state index in [4.69, 9.17) is 18.9 Å². The maximum atomic E-state index is 13.4. The van der Waals surface area contributed by atoms with Crippen molar-refractivity contribution in [3.05, 3.63) is 88.2 Å². The van der Waals surface area contributed by atoms with E-state index in [0.29, 0.717) is 42.4 Å². The summed E-state index contributed by atoms with van der Waals surface area (Å²) in [6.07, 6.45) is 6.61. The summed E-state index contributed by atoms with van der Waals surface area (Å²) in [5.41, 5.74) is 0.372. The fourth-order valence-corrected chi connectivity index (χ4v) is 3.93. The van der Waals surface area contributed by atoms with E-state index < -0.39 is 11.9 Å². The van der Waals surface area contributed by atoms with Crippen LogP contribution in [0.1, 0.15) is 37.0 Å². The van der Waals surface area contributed by atoms with Crippen LogP contribution in [0.3, 0.4) is 0 Å². The number of carbonyl (C=O) groups is 2. The van der Waals surface area contributed by atoms with Crippen LogP contribution < -0.4 is 11.0 Å². The fraction of sp³-hybridized carbons (Fsp3) is 0.345. The van der Waals surface area contributed by atoms with Gasteiger partial charge in [0.05, 0.1) is 32.6 Å². The van der Waals surface area contributed by atoms with Crippen molar-refractivity contribution in [1.29, 1.82) is 0 Å². The fourth-order valence-electron chi connectivity index (χ4n) is 3.93. The number of allylic oxidation sites excluding steroid dienone is 2. The number of hydrogen-bond donors (Lipinski definition) is 0. The van der Waals surface area contributed by atoms with Gasteiger partial charge >= 0.3 is 5.97 Å². The molecule has 0 spiro atoms. The highest BCUT2D eigenvalue weighted by molar-refractivity contribution is 5.93. The molecule has 11 nitrogen and oxygen atoms in total. The Hall–Kier alpha value is -4.51. The SMILES string of the molecule is C=C/C(=C/C(=C/CC(=O)N=c1c(C(=O)OCC)cc2c(=O)n3ccccc3nc2n1CCCOCC)OC)OC. The van der Waals surface area contributed by atoms with Crippen LogP contribution in [0.2, 0.25) is 0 Å². The normalized spacial score (nSPS) is 12.6. The van der Waals surface area contributed by atoms with E-state index in [1.807, 2.05) is 6.92 Å². The van der Waals surface area contributed by atoms with Gasteiger partial charge in [-0.2, -0.15) is 4.99 Å². The number of amides is 1. The number of fused-ring (bicyclic) bond motifs is 2. The van der Waals surface area contributed by atoms with Crippen molar-refractivity contribution in [1.82, 2.24) is 14.0 Å². The van der Waals surface area contributed by atoms with E-state index in [1.54, 1.807) is 42.0 Å². The maximum absolute atomic E-state index is 13.4. The summed E-state index contributed by atoms with van der Waals surface area (Å²) >= 11 is 0. The van der Waals surface area contributed by atoms with Gasteiger partial charge in [0.25, 0.3) is 11.5 Å². The Morgan fingerprint density at radius 1 is 1.12 bits per heavy atom. The van der Waals surface area contributed by atoms with Gasteiger partial charge in [0.2, 0.25) is 0 Å². The van der Waals surface area contributed by atoms with E-state index >= 15 is 0 Å². The molecule has 3 rings (SSSR count). The molecule has 0 aliphatic heterocycles. The van der Waals surface area contributed by atoms with E-state index in [2.05, 4.69) is 16.6 Å². The van der Waals surface area contributed by atoms with Crippen molar-refractivity contribution in [2.45, 2.75) is 33.2 Å². The van der Waals surface area contributed by atoms with Crippen molar-refractivity contribution >= 4 is 28.6 Å². The van der Waals surface area contributed by atoms with Crippen LogP contribution in [0.4, 0.5) is 0 Å². The third kappa shape index (κ3) is 7.11. The first-order valence-corrected chi connectivity index (χ1v) is 12.9. The van der Waals surface area contributed by atoms with Crippen molar-refractivity contribution in [3.8, 4) is 0 Å². The lowest BCUT2D eigenvalue weighted by Gasteiger charge is -2.15. The number of rotatable bonds is 13. The standard InChI is InChI=1S/C29H34N4O7/c1-6-20(37-4)18-21(38-5)13-14-25(34)31-27-23(29(36)40-8-3)19-22-26(33(27)16-11-17-39-7-2)30-24-12-9-10-15-32(24)28(22)35/h6,9-10,12-13,15,18-19H,1,7-8,11,14,16-17H2,2-5H3/b20-18-,21-13-,31-27?. The number of aryl methyl sites for hydroxylation is 1. The average molecular weight is 551 g/mol. The summed E-state index contributed by atoms with van der Waals surface area (Å²) in [5, 5.41) is 0.192. The second kappa shape index (κ2) is 14.6. The number of nitrogens with zero attached hydrogens (tertiary/aromatic N) is 4. The van der Waals surface area contributed by atoms with Crippen LogP contribution >= 0.6 is 0 Å². The van der Waals surface area contributed by atoms with Crippen molar-refractivity contribution < 1.29 is 28.5 Å². The number of methoxy groups -OCH3 is 2. The predicted molar refractivity (Wildman–Crippen MR) is 150 cm³/mol. The molecule has 3 heterocycles. The minimum absolute atomic E-state index is 0.0157. The molecule has 0 radical (unpaired) electrons. The largest absolute Gasteiger partial charge is 0.497 e. The molecule has 0 aliphatic rings. The molecule has 212 valence electrons. The lowest BCUT2D eigenvalue weighted by atomic mass is 10.2. The van der Waals surface area contributed by atoms with Crippen LogP contribution in [0.15, 0.2) is 76.6 Å². The van der Waals surface area contributed by atoms with Crippen LogP contribution in [0, 0.1) is 0 Å². The number of ether oxygens (including phenoxy) is 4. The molecule has 11 heteroatoms. The molecule has 0 unspecified atom stereocenters. The molecule has 0 saturated heterocycles. The molecule has 0 atom stereocenters. The molecule has 0 aliphatic carbocycles. The topological polar surface area (TPSA) is 123 Å². The van der Waals surface area contributed by atoms with Crippen LogP contribution in [-0.4, -0.2) is 59.9 Å². The zero-order valence-corrected chi connectivity index (χ0v) is 23.2. The molecule has 3 aromatic rings. The molecule has 0 N–H and O–H groups in total. The highest BCUT2D eigenvalue weighted by Crippen LogP contribution is 2.13. The van der Waals surface area contributed by atoms with Crippen molar-refractivity contribution in [3.63, 3.8) is 0 Å². The van der Waals surface area contributed by atoms with Gasteiger partial charge in [-0.25, -0.2) is 9.78 Å². The minimum atomic E-state index is -0.709. The smallest absolute Gasteiger partial charge is 0.341 e.